The van der Waals surface area contributed by atoms with Gasteiger partial charge in [0.2, 0.25) is 15.9 Å². The first-order valence-electron chi connectivity index (χ1n) is 11.2. The molecule has 2 fully saturated rings. The number of nitrogens with zero attached hydrogens (tertiary/aromatic N) is 2. The van der Waals surface area contributed by atoms with Crippen LogP contribution in [0.5, 0.6) is 0 Å². The van der Waals surface area contributed by atoms with Gasteiger partial charge in [-0.05, 0) is 36.1 Å². The Hall–Kier alpha value is -2.26. The highest BCUT2D eigenvalue weighted by Crippen LogP contribution is 2.24. The molecule has 2 aromatic carbocycles. The van der Waals surface area contributed by atoms with Crippen LogP contribution in [-0.4, -0.2) is 62.9 Å². The molecule has 0 radical (unpaired) electrons. The third-order valence-corrected chi connectivity index (χ3v) is 8.01. The minimum Gasteiger partial charge on any atom is -0.379 e. The number of morpholine rings is 1. The molecule has 0 spiro atoms. The van der Waals surface area contributed by atoms with Crippen molar-refractivity contribution in [2.45, 2.75) is 30.8 Å². The molecule has 2 heterocycles. The van der Waals surface area contributed by atoms with Crippen LogP contribution < -0.4 is 5.32 Å². The van der Waals surface area contributed by atoms with Crippen LogP contribution in [0.1, 0.15) is 24.0 Å². The van der Waals surface area contributed by atoms with Gasteiger partial charge in [-0.25, -0.2) is 8.42 Å². The van der Waals surface area contributed by atoms with E-state index in [1.165, 1.54) is 9.87 Å². The van der Waals surface area contributed by atoms with Gasteiger partial charge in [0.15, 0.2) is 0 Å². The number of carbonyl (C=O) groups is 1. The molecule has 32 heavy (non-hydrogen) atoms. The van der Waals surface area contributed by atoms with Gasteiger partial charge in [0.05, 0.1) is 24.0 Å². The minimum atomic E-state index is -3.57. The standard InChI is InChI=1S/C24H31N3O4S/c28-24(22-5-4-12-27(19-22)32(29,30)23-6-2-1-3-7-23)25-17-20-8-10-21(11-9-20)18-26-13-15-31-16-14-26/h1-3,6-11,22H,4-5,12-19H2,(H,25,28)/t22-/m0/s1. The third kappa shape index (κ3) is 5.75. The van der Waals surface area contributed by atoms with Crippen molar-refractivity contribution in [3.63, 3.8) is 0 Å². The van der Waals surface area contributed by atoms with E-state index in [-0.39, 0.29) is 23.3 Å². The van der Waals surface area contributed by atoms with Gasteiger partial charge < -0.3 is 10.1 Å². The molecular weight excluding hydrogens is 426 g/mol. The normalized spacial score (nSPS) is 20.7. The number of hydrogen-bond donors (Lipinski definition) is 1. The number of amides is 1. The first-order valence-corrected chi connectivity index (χ1v) is 12.7. The van der Waals surface area contributed by atoms with Gasteiger partial charge in [-0.3, -0.25) is 9.69 Å². The van der Waals surface area contributed by atoms with Gasteiger partial charge in [-0.2, -0.15) is 4.31 Å². The Morgan fingerprint density at radius 1 is 0.969 bits per heavy atom. The van der Waals surface area contributed by atoms with Crippen LogP contribution >= 0.6 is 0 Å². The maximum Gasteiger partial charge on any atom is 0.243 e. The molecule has 7 nitrogen and oxygen atoms in total. The maximum atomic E-state index is 12.9. The topological polar surface area (TPSA) is 79.0 Å². The van der Waals surface area contributed by atoms with Crippen molar-refractivity contribution in [3.8, 4) is 0 Å². The molecular formula is C24H31N3O4S. The summed E-state index contributed by atoms with van der Waals surface area (Å²) >= 11 is 0. The number of hydrogen-bond acceptors (Lipinski definition) is 5. The van der Waals surface area contributed by atoms with Gasteiger partial charge >= 0.3 is 0 Å². The number of carbonyl (C=O) groups excluding carboxylic acids is 1. The second-order valence-corrected chi connectivity index (χ2v) is 10.4. The summed E-state index contributed by atoms with van der Waals surface area (Å²) in [4.78, 5) is 15.4. The first kappa shape index (κ1) is 22.9. The maximum absolute atomic E-state index is 12.9. The molecule has 1 N–H and O–H groups in total. The lowest BCUT2D eigenvalue weighted by Gasteiger charge is -2.31. The van der Waals surface area contributed by atoms with E-state index < -0.39 is 10.0 Å². The molecule has 0 bridgehead atoms. The second-order valence-electron chi connectivity index (χ2n) is 8.44. The molecule has 2 saturated heterocycles. The van der Waals surface area contributed by atoms with Crippen molar-refractivity contribution in [1.29, 1.82) is 0 Å². The zero-order chi connectivity index (χ0) is 22.4. The number of piperidine rings is 1. The lowest BCUT2D eigenvalue weighted by atomic mass is 9.98. The molecule has 0 aromatic heterocycles. The van der Waals surface area contributed by atoms with Crippen LogP contribution in [0.3, 0.4) is 0 Å². The highest BCUT2D eigenvalue weighted by atomic mass is 32.2. The molecule has 4 rings (SSSR count). The number of nitrogens with one attached hydrogen (secondary N) is 1. The van der Waals surface area contributed by atoms with Crippen molar-refractivity contribution in [1.82, 2.24) is 14.5 Å². The third-order valence-electron chi connectivity index (χ3n) is 6.14. The molecule has 2 aliphatic heterocycles. The Balaban J connectivity index is 1.29. The highest BCUT2D eigenvalue weighted by Gasteiger charge is 2.33. The van der Waals surface area contributed by atoms with E-state index in [0.717, 1.165) is 38.4 Å². The van der Waals surface area contributed by atoms with Crippen LogP contribution in [0.4, 0.5) is 0 Å². The molecule has 0 aliphatic carbocycles. The largest absolute Gasteiger partial charge is 0.379 e. The predicted molar refractivity (Wildman–Crippen MR) is 122 cm³/mol. The summed E-state index contributed by atoms with van der Waals surface area (Å²) < 4.78 is 32.6. The smallest absolute Gasteiger partial charge is 0.243 e. The SMILES string of the molecule is O=C(NCc1ccc(CN2CCOCC2)cc1)[C@H]1CCCN(S(=O)(=O)c2ccccc2)C1. The summed E-state index contributed by atoms with van der Waals surface area (Å²) in [5.41, 5.74) is 2.28. The van der Waals surface area contributed by atoms with Crippen LogP contribution in [0.15, 0.2) is 59.5 Å². The van der Waals surface area contributed by atoms with Gasteiger partial charge in [0.1, 0.15) is 0 Å². The van der Waals surface area contributed by atoms with Gasteiger partial charge in [0.25, 0.3) is 0 Å². The fraction of sp³-hybridized carbons (Fsp3) is 0.458. The van der Waals surface area contributed by atoms with E-state index in [1.807, 2.05) is 12.1 Å². The van der Waals surface area contributed by atoms with Crippen molar-refractivity contribution < 1.29 is 17.9 Å². The van der Waals surface area contributed by atoms with Crippen molar-refractivity contribution >= 4 is 15.9 Å². The second kappa shape index (κ2) is 10.6. The number of rotatable bonds is 7. The van der Waals surface area contributed by atoms with Crippen LogP contribution in [0.2, 0.25) is 0 Å². The molecule has 1 atom stereocenters. The van der Waals surface area contributed by atoms with Gasteiger partial charge in [0, 0.05) is 39.3 Å². The summed E-state index contributed by atoms with van der Waals surface area (Å²) in [6.07, 6.45) is 1.38. The van der Waals surface area contributed by atoms with Crippen LogP contribution in [0, 0.1) is 5.92 Å². The zero-order valence-corrected chi connectivity index (χ0v) is 19.1. The molecule has 172 valence electrons. The fourth-order valence-electron chi connectivity index (χ4n) is 4.23. The quantitative estimate of drug-likeness (QED) is 0.690. The van der Waals surface area contributed by atoms with E-state index in [4.69, 9.17) is 4.74 Å². The van der Waals surface area contributed by atoms with E-state index in [2.05, 4.69) is 22.3 Å². The molecule has 0 saturated carbocycles. The summed E-state index contributed by atoms with van der Waals surface area (Å²) in [5, 5.41) is 2.99. The van der Waals surface area contributed by atoms with Crippen molar-refractivity contribution in [2.24, 2.45) is 5.92 Å². The fourth-order valence-corrected chi connectivity index (χ4v) is 5.77. The van der Waals surface area contributed by atoms with E-state index in [0.29, 0.717) is 25.9 Å². The van der Waals surface area contributed by atoms with Crippen molar-refractivity contribution in [3.05, 3.63) is 65.7 Å². The van der Waals surface area contributed by atoms with E-state index in [9.17, 15) is 13.2 Å². The summed E-state index contributed by atoms with van der Waals surface area (Å²) in [7, 11) is -3.57. The average molecular weight is 458 g/mol. The summed E-state index contributed by atoms with van der Waals surface area (Å²) in [6.45, 7) is 5.51. The Kier molecular flexibility index (Phi) is 7.57. The first-order chi connectivity index (χ1) is 15.5. The zero-order valence-electron chi connectivity index (χ0n) is 18.3. The predicted octanol–water partition coefficient (Wildman–Crippen LogP) is 2.24. The van der Waals surface area contributed by atoms with E-state index >= 15 is 0 Å². The lowest BCUT2D eigenvalue weighted by Crippen LogP contribution is -2.45. The molecule has 2 aliphatic rings. The molecule has 0 unspecified atom stereocenters. The van der Waals surface area contributed by atoms with Gasteiger partial charge in [-0.15, -0.1) is 0 Å². The Morgan fingerprint density at radius 2 is 1.66 bits per heavy atom. The van der Waals surface area contributed by atoms with Crippen LogP contribution in [0.25, 0.3) is 0 Å². The molecule has 8 heteroatoms. The van der Waals surface area contributed by atoms with Gasteiger partial charge in [-0.1, -0.05) is 42.5 Å². The average Bonchev–Trinajstić information content (AvgIpc) is 2.85. The number of sulfonamides is 1. The Labute approximate surface area is 190 Å². The minimum absolute atomic E-state index is 0.0876. The number of ether oxygens (including phenoxy) is 1. The Morgan fingerprint density at radius 3 is 2.38 bits per heavy atom. The number of benzene rings is 2. The lowest BCUT2D eigenvalue weighted by molar-refractivity contribution is -0.126. The van der Waals surface area contributed by atoms with Crippen molar-refractivity contribution in [2.75, 3.05) is 39.4 Å². The molecule has 2 aromatic rings. The molecule has 1 amide bonds. The monoisotopic (exact) mass is 457 g/mol. The Bertz CT molecular complexity index is 990. The van der Waals surface area contributed by atoms with Crippen LogP contribution in [-0.2, 0) is 32.6 Å². The van der Waals surface area contributed by atoms with E-state index in [1.54, 1.807) is 30.3 Å². The highest BCUT2D eigenvalue weighted by molar-refractivity contribution is 7.89. The summed E-state index contributed by atoms with van der Waals surface area (Å²) in [5.74, 6) is -0.418. The summed E-state index contributed by atoms with van der Waals surface area (Å²) in [6, 6.07) is 16.7.